The molecular formula is C14H21N3. The van der Waals surface area contributed by atoms with Crippen LogP contribution < -0.4 is 10.6 Å². The molecule has 17 heavy (non-hydrogen) atoms. The van der Waals surface area contributed by atoms with Gasteiger partial charge in [0.2, 0.25) is 0 Å². The van der Waals surface area contributed by atoms with Gasteiger partial charge in [0.1, 0.15) is 5.82 Å². The summed E-state index contributed by atoms with van der Waals surface area (Å²) in [5, 5.41) is 7.20. The summed E-state index contributed by atoms with van der Waals surface area (Å²) >= 11 is 0. The topological polar surface area (TPSA) is 37.0 Å². The van der Waals surface area contributed by atoms with Crippen molar-refractivity contribution in [3.8, 4) is 0 Å². The molecule has 1 aromatic heterocycles. The van der Waals surface area contributed by atoms with E-state index < -0.39 is 0 Å². The summed E-state index contributed by atoms with van der Waals surface area (Å²) in [5.74, 6) is 1.11. The van der Waals surface area contributed by atoms with Gasteiger partial charge in [0.25, 0.3) is 0 Å². The summed E-state index contributed by atoms with van der Waals surface area (Å²) in [7, 11) is 0. The first-order valence-electron chi connectivity index (χ1n) is 6.88. The molecule has 2 aliphatic rings. The smallest absolute Gasteiger partial charge is 0.130 e. The van der Waals surface area contributed by atoms with Crippen molar-refractivity contribution in [1.29, 1.82) is 0 Å². The second-order valence-electron chi connectivity index (χ2n) is 5.22. The monoisotopic (exact) mass is 231 g/mol. The van der Waals surface area contributed by atoms with Crippen molar-refractivity contribution < 1.29 is 0 Å². The van der Waals surface area contributed by atoms with Crippen LogP contribution >= 0.6 is 0 Å². The van der Waals surface area contributed by atoms with Gasteiger partial charge < -0.3 is 10.6 Å². The highest BCUT2D eigenvalue weighted by Crippen LogP contribution is 2.30. The minimum atomic E-state index is 0.500. The molecule has 1 aliphatic carbocycles. The van der Waals surface area contributed by atoms with E-state index >= 15 is 0 Å². The van der Waals surface area contributed by atoms with Crippen molar-refractivity contribution in [3.63, 3.8) is 0 Å². The SMILES string of the molecule is c1cnc(NC2CCC2)c([C@@H]2CCCCN2)c1. The van der Waals surface area contributed by atoms with Crippen LogP contribution in [0.1, 0.15) is 50.1 Å². The molecule has 3 rings (SSSR count). The molecule has 0 radical (unpaired) electrons. The lowest BCUT2D eigenvalue weighted by Gasteiger charge is -2.30. The fourth-order valence-corrected chi connectivity index (χ4v) is 2.68. The van der Waals surface area contributed by atoms with E-state index in [-0.39, 0.29) is 0 Å². The molecule has 0 bridgehead atoms. The number of nitrogens with zero attached hydrogens (tertiary/aromatic N) is 1. The molecule has 3 heteroatoms. The van der Waals surface area contributed by atoms with Gasteiger partial charge in [0, 0.05) is 23.8 Å². The Morgan fingerprint density at radius 1 is 1.18 bits per heavy atom. The first-order chi connectivity index (χ1) is 8.43. The fourth-order valence-electron chi connectivity index (χ4n) is 2.68. The average molecular weight is 231 g/mol. The molecule has 3 nitrogen and oxygen atoms in total. The van der Waals surface area contributed by atoms with E-state index in [1.54, 1.807) is 0 Å². The van der Waals surface area contributed by atoms with Gasteiger partial charge in [0.05, 0.1) is 0 Å². The third-order valence-corrected chi connectivity index (χ3v) is 3.97. The lowest BCUT2D eigenvalue weighted by molar-refractivity contribution is 0.409. The predicted molar refractivity (Wildman–Crippen MR) is 70.1 cm³/mol. The van der Waals surface area contributed by atoms with Gasteiger partial charge in [-0.3, -0.25) is 0 Å². The van der Waals surface area contributed by atoms with Crippen LogP contribution in [0.25, 0.3) is 0 Å². The zero-order valence-electron chi connectivity index (χ0n) is 10.3. The van der Waals surface area contributed by atoms with Crippen molar-refractivity contribution in [3.05, 3.63) is 23.9 Å². The highest BCUT2D eigenvalue weighted by Gasteiger charge is 2.22. The van der Waals surface area contributed by atoms with Gasteiger partial charge >= 0.3 is 0 Å². The molecule has 2 heterocycles. The highest BCUT2D eigenvalue weighted by atomic mass is 15.0. The summed E-state index contributed by atoms with van der Waals surface area (Å²) < 4.78 is 0. The Morgan fingerprint density at radius 2 is 2.12 bits per heavy atom. The largest absolute Gasteiger partial charge is 0.367 e. The Morgan fingerprint density at radius 3 is 2.82 bits per heavy atom. The maximum Gasteiger partial charge on any atom is 0.130 e. The van der Waals surface area contributed by atoms with Crippen LogP contribution in [0.3, 0.4) is 0 Å². The third kappa shape index (κ3) is 2.44. The first kappa shape index (κ1) is 11.0. The van der Waals surface area contributed by atoms with Crippen LogP contribution in [0, 0.1) is 0 Å². The number of pyridine rings is 1. The number of anilines is 1. The molecule has 2 fully saturated rings. The summed E-state index contributed by atoms with van der Waals surface area (Å²) in [6, 6.07) is 5.43. The van der Waals surface area contributed by atoms with Gasteiger partial charge in [0.15, 0.2) is 0 Å². The van der Waals surface area contributed by atoms with Crippen molar-refractivity contribution in [2.75, 3.05) is 11.9 Å². The van der Waals surface area contributed by atoms with E-state index in [2.05, 4.69) is 27.8 Å². The van der Waals surface area contributed by atoms with E-state index in [0.29, 0.717) is 12.1 Å². The van der Waals surface area contributed by atoms with Gasteiger partial charge in [-0.05, 0) is 44.7 Å². The molecular weight excluding hydrogens is 210 g/mol. The average Bonchev–Trinajstić information content (AvgIpc) is 2.35. The van der Waals surface area contributed by atoms with Crippen molar-refractivity contribution in [2.45, 2.75) is 50.6 Å². The molecule has 0 unspecified atom stereocenters. The quantitative estimate of drug-likeness (QED) is 0.840. The van der Waals surface area contributed by atoms with Gasteiger partial charge in [-0.15, -0.1) is 0 Å². The van der Waals surface area contributed by atoms with Gasteiger partial charge in [-0.1, -0.05) is 12.5 Å². The van der Waals surface area contributed by atoms with Crippen LogP contribution in [0.4, 0.5) is 5.82 Å². The van der Waals surface area contributed by atoms with E-state index in [1.807, 2.05) is 6.20 Å². The molecule has 1 aliphatic heterocycles. The molecule has 92 valence electrons. The Balaban J connectivity index is 1.76. The second kappa shape index (κ2) is 5.05. The number of hydrogen-bond acceptors (Lipinski definition) is 3. The summed E-state index contributed by atoms with van der Waals surface area (Å²) in [4.78, 5) is 4.52. The molecule has 0 aromatic carbocycles. The second-order valence-corrected chi connectivity index (χ2v) is 5.22. The number of piperidine rings is 1. The summed E-state index contributed by atoms with van der Waals surface area (Å²) in [5.41, 5.74) is 1.36. The fraction of sp³-hybridized carbons (Fsp3) is 0.643. The number of hydrogen-bond donors (Lipinski definition) is 2. The minimum Gasteiger partial charge on any atom is -0.367 e. The van der Waals surface area contributed by atoms with E-state index in [9.17, 15) is 0 Å². The maximum atomic E-state index is 4.52. The zero-order chi connectivity index (χ0) is 11.5. The van der Waals surface area contributed by atoms with Crippen LogP contribution in [-0.2, 0) is 0 Å². The summed E-state index contributed by atoms with van der Waals surface area (Å²) in [6.45, 7) is 1.14. The van der Waals surface area contributed by atoms with Crippen LogP contribution in [0.2, 0.25) is 0 Å². The first-order valence-corrected chi connectivity index (χ1v) is 6.88. The number of nitrogens with one attached hydrogen (secondary N) is 2. The molecule has 0 amide bonds. The third-order valence-electron chi connectivity index (χ3n) is 3.97. The predicted octanol–water partition coefficient (Wildman–Crippen LogP) is 2.86. The number of aromatic nitrogens is 1. The molecule has 1 aromatic rings. The molecule has 0 spiro atoms. The van der Waals surface area contributed by atoms with Gasteiger partial charge in [-0.2, -0.15) is 0 Å². The standard InChI is InChI=1S/C14H21N3/c1-2-9-15-13(8-1)12-7-4-10-16-14(12)17-11-5-3-6-11/h4,7,10-11,13,15H,1-3,5-6,8-9H2,(H,16,17)/t13-/m0/s1. The van der Waals surface area contributed by atoms with E-state index in [1.165, 1.54) is 44.1 Å². The van der Waals surface area contributed by atoms with E-state index in [4.69, 9.17) is 0 Å². The Hall–Kier alpha value is -1.09. The van der Waals surface area contributed by atoms with E-state index in [0.717, 1.165) is 12.4 Å². The Kier molecular flexibility index (Phi) is 3.27. The summed E-state index contributed by atoms with van der Waals surface area (Å²) in [6.07, 6.45) is 9.74. The molecule has 1 atom stereocenters. The number of rotatable bonds is 3. The minimum absolute atomic E-state index is 0.500. The van der Waals surface area contributed by atoms with Crippen molar-refractivity contribution >= 4 is 5.82 Å². The van der Waals surface area contributed by atoms with Crippen LogP contribution in [-0.4, -0.2) is 17.6 Å². The lowest BCUT2D eigenvalue weighted by Crippen LogP contribution is -2.31. The molecule has 1 saturated carbocycles. The highest BCUT2D eigenvalue weighted by molar-refractivity contribution is 5.47. The zero-order valence-corrected chi connectivity index (χ0v) is 10.3. The van der Waals surface area contributed by atoms with Crippen LogP contribution in [0.5, 0.6) is 0 Å². The lowest BCUT2D eigenvalue weighted by atomic mass is 9.92. The Bertz CT molecular complexity index is 367. The van der Waals surface area contributed by atoms with Crippen molar-refractivity contribution in [1.82, 2.24) is 10.3 Å². The molecule has 1 saturated heterocycles. The Labute approximate surface area is 103 Å². The normalized spacial score (nSPS) is 25.3. The maximum absolute atomic E-state index is 4.52. The van der Waals surface area contributed by atoms with Crippen LogP contribution in [0.15, 0.2) is 18.3 Å². The van der Waals surface area contributed by atoms with Gasteiger partial charge in [-0.25, -0.2) is 4.98 Å². The van der Waals surface area contributed by atoms with Crippen molar-refractivity contribution in [2.24, 2.45) is 0 Å². The molecule has 2 N–H and O–H groups in total.